The van der Waals surface area contributed by atoms with Gasteiger partial charge in [0.2, 0.25) is 0 Å². The van der Waals surface area contributed by atoms with Crippen molar-refractivity contribution in [2.45, 2.75) is 26.2 Å². The van der Waals surface area contributed by atoms with Gasteiger partial charge in [-0.05, 0) is 26.2 Å². The first-order valence-corrected chi connectivity index (χ1v) is 9.99. The average molecular weight is 408 g/mol. The van der Waals surface area contributed by atoms with Crippen molar-refractivity contribution >= 4 is 11.9 Å². The summed E-state index contributed by atoms with van der Waals surface area (Å²) in [6.07, 6.45) is 2.26. The Balaban J connectivity index is 1.93. The van der Waals surface area contributed by atoms with Gasteiger partial charge < -0.3 is 29.2 Å². The lowest BCUT2D eigenvalue weighted by molar-refractivity contribution is -0.149. The number of nitrogens with one attached hydrogen (secondary N) is 1. The summed E-state index contributed by atoms with van der Waals surface area (Å²) in [4.78, 5) is 18.5. The molecule has 1 aromatic carbocycles. The van der Waals surface area contributed by atoms with E-state index in [9.17, 15) is 4.79 Å². The highest BCUT2D eigenvalue weighted by molar-refractivity contribution is 5.80. The SMILES string of the molecule is CCOC(=O)C1CCN(C(=NC)NCCc2c(OC)cc(OC)cc2OC)CC1. The fourth-order valence-electron chi connectivity index (χ4n) is 3.54. The fourth-order valence-corrected chi connectivity index (χ4v) is 3.54. The number of carbonyl (C=O) groups excluding carboxylic acids is 1. The Morgan fingerprint density at radius 3 is 2.24 bits per heavy atom. The zero-order valence-electron chi connectivity index (χ0n) is 18.1. The van der Waals surface area contributed by atoms with Gasteiger partial charge in [0, 0.05) is 44.4 Å². The Hall–Kier alpha value is -2.64. The first-order valence-electron chi connectivity index (χ1n) is 9.99. The molecule has 0 amide bonds. The number of guanidine groups is 1. The molecule has 8 heteroatoms. The summed E-state index contributed by atoms with van der Waals surface area (Å²) in [5.41, 5.74) is 0.972. The second kappa shape index (κ2) is 11.4. The molecular formula is C21H33N3O5. The van der Waals surface area contributed by atoms with Crippen LogP contribution in [0.1, 0.15) is 25.3 Å². The van der Waals surface area contributed by atoms with Crippen molar-refractivity contribution in [2.75, 3.05) is 54.6 Å². The molecule has 1 saturated heterocycles. The molecule has 0 spiro atoms. The van der Waals surface area contributed by atoms with E-state index in [1.807, 2.05) is 19.1 Å². The Kier molecular flexibility index (Phi) is 8.89. The van der Waals surface area contributed by atoms with Crippen LogP contribution in [-0.2, 0) is 16.0 Å². The summed E-state index contributed by atoms with van der Waals surface area (Å²) in [6.45, 7) is 4.49. The van der Waals surface area contributed by atoms with Crippen LogP contribution in [0.4, 0.5) is 0 Å². The number of hydrogen-bond acceptors (Lipinski definition) is 6. The Labute approximate surface area is 173 Å². The van der Waals surface area contributed by atoms with E-state index in [0.29, 0.717) is 25.3 Å². The number of methoxy groups -OCH3 is 3. The topological polar surface area (TPSA) is 81.6 Å². The Bertz CT molecular complexity index is 675. The molecule has 1 fully saturated rings. The van der Waals surface area contributed by atoms with Crippen molar-refractivity contribution in [3.05, 3.63) is 17.7 Å². The van der Waals surface area contributed by atoms with E-state index in [2.05, 4.69) is 15.2 Å². The van der Waals surface area contributed by atoms with E-state index in [-0.39, 0.29) is 11.9 Å². The van der Waals surface area contributed by atoms with Gasteiger partial charge in [-0.25, -0.2) is 0 Å². The molecule has 0 aliphatic carbocycles. The van der Waals surface area contributed by atoms with Gasteiger partial charge in [-0.3, -0.25) is 9.79 Å². The second-order valence-electron chi connectivity index (χ2n) is 6.75. The molecule has 1 aliphatic heterocycles. The number of hydrogen-bond donors (Lipinski definition) is 1. The minimum absolute atomic E-state index is 0.0165. The van der Waals surface area contributed by atoms with Crippen LogP contribution in [0.15, 0.2) is 17.1 Å². The van der Waals surface area contributed by atoms with Crippen LogP contribution in [0.3, 0.4) is 0 Å². The van der Waals surface area contributed by atoms with Gasteiger partial charge in [-0.15, -0.1) is 0 Å². The number of piperidine rings is 1. The van der Waals surface area contributed by atoms with Gasteiger partial charge in [0.1, 0.15) is 17.2 Å². The van der Waals surface area contributed by atoms with Crippen LogP contribution in [0.25, 0.3) is 0 Å². The number of nitrogens with zero attached hydrogens (tertiary/aromatic N) is 2. The van der Waals surface area contributed by atoms with Crippen molar-refractivity contribution in [3.8, 4) is 17.2 Å². The first-order chi connectivity index (χ1) is 14.1. The molecule has 2 rings (SSSR count). The highest BCUT2D eigenvalue weighted by Gasteiger charge is 2.27. The van der Waals surface area contributed by atoms with E-state index in [1.54, 1.807) is 28.4 Å². The molecule has 1 heterocycles. The third-order valence-electron chi connectivity index (χ3n) is 5.10. The van der Waals surface area contributed by atoms with Gasteiger partial charge in [0.25, 0.3) is 0 Å². The molecular weight excluding hydrogens is 374 g/mol. The maximum Gasteiger partial charge on any atom is 0.309 e. The largest absolute Gasteiger partial charge is 0.496 e. The summed E-state index contributed by atoms with van der Waals surface area (Å²) in [5.74, 6) is 2.88. The smallest absolute Gasteiger partial charge is 0.309 e. The highest BCUT2D eigenvalue weighted by atomic mass is 16.5. The minimum atomic E-state index is -0.0891. The van der Waals surface area contributed by atoms with Gasteiger partial charge in [0.15, 0.2) is 5.96 Å². The number of rotatable bonds is 8. The lowest BCUT2D eigenvalue weighted by atomic mass is 9.97. The van der Waals surface area contributed by atoms with Crippen LogP contribution in [0.5, 0.6) is 17.2 Å². The van der Waals surface area contributed by atoms with Crippen molar-refractivity contribution < 1.29 is 23.7 Å². The lowest BCUT2D eigenvalue weighted by Crippen LogP contribution is -2.47. The Morgan fingerprint density at radius 2 is 1.76 bits per heavy atom. The molecule has 29 heavy (non-hydrogen) atoms. The number of benzene rings is 1. The molecule has 0 saturated carbocycles. The lowest BCUT2D eigenvalue weighted by Gasteiger charge is -2.33. The second-order valence-corrected chi connectivity index (χ2v) is 6.75. The van der Waals surface area contributed by atoms with E-state index in [1.165, 1.54) is 0 Å². The molecule has 1 aromatic rings. The first kappa shape index (κ1) is 22.6. The third kappa shape index (κ3) is 5.92. The van der Waals surface area contributed by atoms with Crippen molar-refractivity contribution in [1.29, 1.82) is 0 Å². The predicted octanol–water partition coefficient (Wildman–Crippen LogP) is 2.11. The maximum atomic E-state index is 11.9. The highest BCUT2D eigenvalue weighted by Crippen LogP contribution is 2.34. The summed E-state index contributed by atoms with van der Waals surface area (Å²) in [6, 6.07) is 3.71. The van der Waals surface area contributed by atoms with Crippen molar-refractivity contribution in [2.24, 2.45) is 10.9 Å². The summed E-state index contributed by atoms with van der Waals surface area (Å²) >= 11 is 0. The monoisotopic (exact) mass is 407 g/mol. The van der Waals surface area contributed by atoms with Crippen LogP contribution >= 0.6 is 0 Å². The van der Waals surface area contributed by atoms with E-state index >= 15 is 0 Å². The molecule has 8 nitrogen and oxygen atoms in total. The molecule has 0 atom stereocenters. The van der Waals surface area contributed by atoms with Crippen molar-refractivity contribution in [3.63, 3.8) is 0 Å². The Morgan fingerprint density at radius 1 is 1.14 bits per heavy atom. The zero-order valence-corrected chi connectivity index (χ0v) is 18.1. The molecule has 0 aromatic heterocycles. The summed E-state index contributed by atoms with van der Waals surface area (Å²) in [7, 11) is 6.66. The number of likely N-dealkylation sites (tertiary alicyclic amines) is 1. The standard InChI is InChI=1S/C21H33N3O5/c1-6-29-20(25)15-8-11-24(12-9-15)21(22-2)23-10-7-17-18(27-4)13-16(26-3)14-19(17)28-5/h13-15H,6-12H2,1-5H3,(H,22,23). The molecule has 0 radical (unpaired) electrons. The summed E-state index contributed by atoms with van der Waals surface area (Å²) < 4.78 is 21.5. The number of carbonyl (C=O) groups is 1. The quantitative estimate of drug-likeness (QED) is 0.401. The van der Waals surface area contributed by atoms with Crippen molar-refractivity contribution in [1.82, 2.24) is 10.2 Å². The fraction of sp³-hybridized carbons (Fsp3) is 0.619. The minimum Gasteiger partial charge on any atom is -0.496 e. The van der Waals surface area contributed by atoms with E-state index in [0.717, 1.165) is 49.0 Å². The zero-order chi connectivity index (χ0) is 21.2. The van der Waals surface area contributed by atoms with Gasteiger partial charge in [0.05, 0.1) is 33.9 Å². The number of aliphatic imine (C=N–C) groups is 1. The van der Waals surface area contributed by atoms with E-state index < -0.39 is 0 Å². The maximum absolute atomic E-state index is 11.9. The van der Waals surface area contributed by atoms with Gasteiger partial charge in [-0.2, -0.15) is 0 Å². The third-order valence-corrected chi connectivity index (χ3v) is 5.10. The number of esters is 1. The van der Waals surface area contributed by atoms with Crippen LogP contribution in [-0.4, -0.2) is 71.4 Å². The van der Waals surface area contributed by atoms with Gasteiger partial charge >= 0.3 is 5.97 Å². The number of ether oxygens (including phenoxy) is 4. The average Bonchev–Trinajstić information content (AvgIpc) is 2.76. The van der Waals surface area contributed by atoms with Crippen LogP contribution < -0.4 is 19.5 Å². The molecule has 0 unspecified atom stereocenters. The molecule has 162 valence electrons. The van der Waals surface area contributed by atoms with Crippen LogP contribution in [0.2, 0.25) is 0 Å². The van der Waals surface area contributed by atoms with E-state index in [4.69, 9.17) is 18.9 Å². The predicted molar refractivity (Wildman–Crippen MR) is 112 cm³/mol. The van der Waals surface area contributed by atoms with Gasteiger partial charge in [-0.1, -0.05) is 0 Å². The summed E-state index contributed by atoms with van der Waals surface area (Å²) in [5, 5.41) is 3.41. The van der Waals surface area contributed by atoms with Crippen LogP contribution in [0, 0.1) is 5.92 Å². The molecule has 0 bridgehead atoms. The molecule has 1 N–H and O–H groups in total. The molecule has 1 aliphatic rings. The normalized spacial score (nSPS) is 15.1.